The predicted octanol–water partition coefficient (Wildman–Crippen LogP) is 3.16. The highest BCUT2D eigenvalue weighted by atomic mass is 35.5. The van der Waals surface area contributed by atoms with Gasteiger partial charge in [0.05, 0.1) is 22.8 Å². The fourth-order valence-electron chi connectivity index (χ4n) is 1.28. The maximum Gasteiger partial charge on any atom is 0.120 e. The van der Waals surface area contributed by atoms with E-state index < -0.39 is 0 Å². The third-order valence-corrected chi connectivity index (χ3v) is 3.41. The highest BCUT2D eigenvalue weighted by molar-refractivity contribution is 7.20. The average molecular weight is 262 g/mol. The number of thiophene rings is 1. The normalized spacial score (nSPS) is 10.9. The van der Waals surface area contributed by atoms with Gasteiger partial charge in [-0.2, -0.15) is 0 Å². The van der Waals surface area contributed by atoms with E-state index in [4.69, 9.17) is 23.2 Å². The van der Waals surface area contributed by atoms with E-state index in [1.807, 2.05) is 13.1 Å². The van der Waals surface area contributed by atoms with E-state index in [1.165, 1.54) is 11.3 Å². The number of imidazole rings is 1. The Hall–Kier alpha value is -0.550. The molecule has 0 spiro atoms. The molecule has 0 saturated heterocycles. The average Bonchev–Trinajstić information content (AvgIpc) is 2.73. The summed E-state index contributed by atoms with van der Waals surface area (Å²) in [6, 6.07) is 1.84. The van der Waals surface area contributed by atoms with Gasteiger partial charge in [0, 0.05) is 5.56 Å². The summed E-state index contributed by atoms with van der Waals surface area (Å²) >= 11 is 13.3. The molecule has 0 amide bonds. The molecule has 2 aromatic heterocycles. The maximum atomic E-state index is 6.04. The van der Waals surface area contributed by atoms with Crippen LogP contribution >= 0.6 is 34.5 Å². The number of hydrogen-bond acceptors (Lipinski definition) is 3. The molecule has 15 heavy (non-hydrogen) atoms. The van der Waals surface area contributed by atoms with Crippen molar-refractivity contribution in [2.75, 3.05) is 7.05 Å². The van der Waals surface area contributed by atoms with Crippen LogP contribution in [0.1, 0.15) is 5.82 Å². The van der Waals surface area contributed by atoms with E-state index in [0.29, 0.717) is 15.2 Å². The molecule has 2 rings (SSSR count). The summed E-state index contributed by atoms with van der Waals surface area (Å²) in [6.45, 7) is 0.704. The Bertz CT molecular complexity index is 464. The lowest BCUT2D eigenvalue weighted by Crippen LogP contribution is -2.06. The fourth-order valence-corrected chi connectivity index (χ4v) is 2.77. The first-order chi connectivity index (χ1) is 7.20. The Balaban J connectivity index is 2.32. The van der Waals surface area contributed by atoms with E-state index in [9.17, 15) is 0 Å². The molecule has 0 aliphatic heterocycles. The van der Waals surface area contributed by atoms with Crippen molar-refractivity contribution in [3.8, 4) is 11.3 Å². The molecule has 0 aromatic carbocycles. The van der Waals surface area contributed by atoms with Gasteiger partial charge in [-0.1, -0.05) is 23.2 Å². The van der Waals surface area contributed by atoms with Crippen LogP contribution in [0.4, 0.5) is 0 Å². The van der Waals surface area contributed by atoms with Crippen molar-refractivity contribution in [3.63, 3.8) is 0 Å². The minimum Gasteiger partial charge on any atom is -0.341 e. The zero-order valence-electron chi connectivity index (χ0n) is 7.97. The van der Waals surface area contributed by atoms with Gasteiger partial charge in [-0.05, 0) is 13.1 Å². The summed E-state index contributed by atoms with van der Waals surface area (Å²) in [6.07, 6.45) is 1.76. The van der Waals surface area contributed by atoms with E-state index >= 15 is 0 Å². The molecule has 0 unspecified atom stereocenters. The molecule has 0 saturated carbocycles. The molecule has 0 radical (unpaired) electrons. The number of H-pyrrole nitrogens is 1. The molecule has 0 aliphatic carbocycles. The van der Waals surface area contributed by atoms with Gasteiger partial charge in [0.2, 0.25) is 0 Å². The Morgan fingerprint density at radius 2 is 2.33 bits per heavy atom. The van der Waals surface area contributed by atoms with Crippen molar-refractivity contribution in [2.45, 2.75) is 6.54 Å². The summed E-state index contributed by atoms with van der Waals surface area (Å²) in [5, 5.41) is 3.02. The molecule has 0 fully saturated rings. The Labute approximate surface area is 101 Å². The van der Waals surface area contributed by atoms with Crippen LogP contribution in [0.5, 0.6) is 0 Å². The van der Waals surface area contributed by atoms with Crippen LogP contribution in [0.3, 0.4) is 0 Å². The second-order valence-corrected chi connectivity index (χ2v) is 5.30. The second kappa shape index (κ2) is 4.53. The molecule has 80 valence electrons. The van der Waals surface area contributed by atoms with Gasteiger partial charge in [0.25, 0.3) is 0 Å². The van der Waals surface area contributed by atoms with Gasteiger partial charge < -0.3 is 10.3 Å². The molecular weight excluding hydrogens is 253 g/mol. The van der Waals surface area contributed by atoms with Gasteiger partial charge in [-0.3, -0.25) is 0 Å². The zero-order chi connectivity index (χ0) is 10.8. The van der Waals surface area contributed by atoms with E-state index in [-0.39, 0.29) is 0 Å². The van der Waals surface area contributed by atoms with Crippen LogP contribution < -0.4 is 5.32 Å². The molecule has 2 aromatic rings. The van der Waals surface area contributed by atoms with Crippen molar-refractivity contribution in [2.24, 2.45) is 0 Å². The lowest BCUT2D eigenvalue weighted by molar-refractivity contribution is 0.772. The Morgan fingerprint density at radius 1 is 1.53 bits per heavy atom. The van der Waals surface area contributed by atoms with Crippen LogP contribution in [0.2, 0.25) is 8.67 Å². The highest BCUT2D eigenvalue weighted by Crippen LogP contribution is 2.37. The number of aromatic nitrogens is 2. The van der Waals surface area contributed by atoms with Gasteiger partial charge in [-0.15, -0.1) is 11.3 Å². The summed E-state index contributed by atoms with van der Waals surface area (Å²) in [5.41, 5.74) is 1.80. The van der Waals surface area contributed by atoms with Crippen molar-refractivity contribution >= 4 is 34.5 Å². The Morgan fingerprint density at radius 3 is 2.93 bits per heavy atom. The van der Waals surface area contributed by atoms with Gasteiger partial charge in [0.1, 0.15) is 10.2 Å². The molecule has 0 aliphatic rings. The van der Waals surface area contributed by atoms with E-state index in [1.54, 1.807) is 6.20 Å². The zero-order valence-corrected chi connectivity index (χ0v) is 10.3. The maximum absolute atomic E-state index is 6.04. The van der Waals surface area contributed by atoms with Crippen LogP contribution in [0.25, 0.3) is 11.3 Å². The van der Waals surface area contributed by atoms with Gasteiger partial charge >= 0.3 is 0 Å². The third kappa shape index (κ3) is 2.34. The summed E-state index contributed by atoms with van der Waals surface area (Å²) < 4.78 is 1.36. The smallest absolute Gasteiger partial charge is 0.120 e. The molecule has 0 bridgehead atoms. The quantitative estimate of drug-likeness (QED) is 0.892. The lowest BCUT2D eigenvalue weighted by atomic mass is 10.3. The van der Waals surface area contributed by atoms with Crippen molar-refractivity contribution < 1.29 is 0 Å². The lowest BCUT2D eigenvalue weighted by Gasteiger charge is -1.94. The molecule has 3 nitrogen and oxygen atoms in total. The van der Waals surface area contributed by atoms with Crippen LogP contribution in [0.15, 0.2) is 12.3 Å². The number of nitrogens with one attached hydrogen (secondary N) is 2. The largest absolute Gasteiger partial charge is 0.341 e. The minimum absolute atomic E-state index is 0.680. The first-order valence-electron chi connectivity index (χ1n) is 4.34. The number of hydrogen-bond donors (Lipinski definition) is 2. The molecule has 0 atom stereocenters. The second-order valence-electron chi connectivity index (χ2n) is 3.01. The molecule has 2 N–H and O–H groups in total. The number of rotatable bonds is 3. The third-order valence-electron chi connectivity index (χ3n) is 1.92. The predicted molar refractivity (Wildman–Crippen MR) is 64.7 cm³/mol. The van der Waals surface area contributed by atoms with Crippen LogP contribution in [-0.2, 0) is 6.54 Å². The first-order valence-corrected chi connectivity index (χ1v) is 5.91. The number of nitrogens with zero attached hydrogens (tertiary/aromatic N) is 1. The monoisotopic (exact) mass is 261 g/mol. The van der Waals surface area contributed by atoms with Crippen molar-refractivity contribution in [1.82, 2.24) is 15.3 Å². The van der Waals surface area contributed by atoms with Crippen molar-refractivity contribution in [1.29, 1.82) is 0 Å². The topological polar surface area (TPSA) is 40.7 Å². The van der Waals surface area contributed by atoms with E-state index in [2.05, 4.69) is 15.3 Å². The summed E-state index contributed by atoms with van der Waals surface area (Å²) in [4.78, 5) is 7.39. The minimum atomic E-state index is 0.680. The Kier molecular flexibility index (Phi) is 3.31. The van der Waals surface area contributed by atoms with Crippen molar-refractivity contribution in [3.05, 3.63) is 26.8 Å². The molecular formula is C9H9Cl2N3S. The summed E-state index contributed by atoms with van der Waals surface area (Å²) in [5.74, 6) is 0.880. The first kappa shape index (κ1) is 11.0. The van der Waals surface area contributed by atoms with Gasteiger partial charge in [-0.25, -0.2) is 4.98 Å². The van der Waals surface area contributed by atoms with Crippen LogP contribution in [-0.4, -0.2) is 17.0 Å². The SMILES string of the molecule is CNCc1ncc(-c2cc(Cl)sc2Cl)[nH]1. The number of aromatic amines is 1. The highest BCUT2D eigenvalue weighted by Gasteiger charge is 2.10. The van der Waals surface area contributed by atoms with Gasteiger partial charge in [0.15, 0.2) is 0 Å². The number of halogens is 2. The molecule has 6 heteroatoms. The molecule has 2 heterocycles. The fraction of sp³-hybridized carbons (Fsp3) is 0.222. The van der Waals surface area contributed by atoms with E-state index in [0.717, 1.165) is 17.1 Å². The summed E-state index contributed by atoms with van der Waals surface area (Å²) in [7, 11) is 1.87. The van der Waals surface area contributed by atoms with Crippen LogP contribution in [0, 0.1) is 0 Å². The standard InChI is InChI=1S/C9H9Cl2N3S/c1-12-4-8-13-3-6(14-8)5-2-7(10)15-9(5)11/h2-3,12H,4H2,1H3,(H,13,14).